The Bertz CT molecular complexity index is 547. The van der Waals surface area contributed by atoms with Crippen molar-refractivity contribution in [2.45, 2.75) is 26.7 Å². The fourth-order valence-electron chi connectivity index (χ4n) is 2.08. The Balaban J connectivity index is 2.76. The van der Waals surface area contributed by atoms with Crippen molar-refractivity contribution in [1.82, 2.24) is 5.32 Å². The second-order valence-electron chi connectivity index (χ2n) is 5.55. The zero-order valence-corrected chi connectivity index (χ0v) is 13.3. The molecule has 1 aromatic carbocycles. The zero-order valence-electron chi connectivity index (χ0n) is 12.5. The van der Waals surface area contributed by atoms with E-state index >= 15 is 0 Å². The number of hydrogen-bond acceptors (Lipinski definition) is 3. The predicted molar refractivity (Wildman–Crippen MR) is 81.5 cm³/mol. The minimum atomic E-state index is -3.05. The lowest BCUT2D eigenvalue weighted by molar-refractivity contribution is -0.123. The van der Waals surface area contributed by atoms with Gasteiger partial charge in [-0.15, -0.1) is 0 Å². The number of benzene rings is 1. The fourth-order valence-corrected chi connectivity index (χ4v) is 2.56. The van der Waals surface area contributed by atoms with E-state index in [1.165, 1.54) is 6.26 Å². The monoisotopic (exact) mass is 297 g/mol. The number of carbonyl (C=O) groups excluding carboxylic acids is 1. The molecule has 5 heteroatoms. The average Bonchev–Trinajstić information content (AvgIpc) is 2.30. The lowest BCUT2D eigenvalue weighted by Crippen LogP contribution is -2.35. The van der Waals surface area contributed by atoms with Gasteiger partial charge in [-0.2, -0.15) is 0 Å². The SMILES string of the molecule is Cc1ccc(C(C(=O)NCCS(C)(=O)=O)C(C)C)cc1. The summed E-state index contributed by atoms with van der Waals surface area (Å²) in [6.07, 6.45) is 1.17. The summed E-state index contributed by atoms with van der Waals surface area (Å²) in [7, 11) is -3.05. The van der Waals surface area contributed by atoms with Gasteiger partial charge in [-0.3, -0.25) is 4.79 Å². The highest BCUT2D eigenvalue weighted by Crippen LogP contribution is 2.24. The fraction of sp³-hybridized carbons (Fsp3) is 0.533. The highest BCUT2D eigenvalue weighted by atomic mass is 32.2. The second kappa shape index (κ2) is 6.88. The van der Waals surface area contributed by atoms with Crippen LogP contribution in [0.15, 0.2) is 24.3 Å². The smallest absolute Gasteiger partial charge is 0.227 e. The van der Waals surface area contributed by atoms with Gasteiger partial charge in [0.15, 0.2) is 0 Å². The maximum Gasteiger partial charge on any atom is 0.227 e. The molecule has 1 aromatic rings. The summed E-state index contributed by atoms with van der Waals surface area (Å²) in [5, 5.41) is 2.72. The summed E-state index contributed by atoms with van der Waals surface area (Å²) in [5.74, 6) is -0.254. The molecule has 1 N–H and O–H groups in total. The second-order valence-corrected chi connectivity index (χ2v) is 7.81. The molecule has 1 rings (SSSR count). The van der Waals surface area contributed by atoms with Crippen LogP contribution in [-0.2, 0) is 14.6 Å². The van der Waals surface area contributed by atoms with Crippen molar-refractivity contribution in [3.05, 3.63) is 35.4 Å². The third kappa shape index (κ3) is 5.33. The number of hydrogen-bond donors (Lipinski definition) is 1. The Morgan fingerprint density at radius 2 is 1.75 bits per heavy atom. The molecule has 0 bridgehead atoms. The summed E-state index contributed by atoms with van der Waals surface area (Å²) in [6, 6.07) is 7.87. The summed E-state index contributed by atoms with van der Waals surface area (Å²) in [6.45, 7) is 6.13. The topological polar surface area (TPSA) is 63.2 Å². The third-order valence-electron chi connectivity index (χ3n) is 3.16. The highest BCUT2D eigenvalue weighted by Gasteiger charge is 2.23. The lowest BCUT2D eigenvalue weighted by Gasteiger charge is -2.21. The molecule has 0 spiro atoms. The lowest BCUT2D eigenvalue weighted by atomic mass is 9.87. The van der Waals surface area contributed by atoms with Crippen molar-refractivity contribution in [2.24, 2.45) is 5.92 Å². The van der Waals surface area contributed by atoms with Gasteiger partial charge in [-0.25, -0.2) is 8.42 Å². The van der Waals surface area contributed by atoms with Crippen LogP contribution >= 0.6 is 0 Å². The minimum absolute atomic E-state index is 0.0303. The number of nitrogens with one attached hydrogen (secondary N) is 1. The molecule has 0 heterocycles. The first kappa shape index (κ1) is 16.7. The Labute approximate surface area is 121 Å². The molecule has 20 heavy (non-hydrogen) atoms. The summed E-state index contributed by atoms with van der Waals surface area (Å²) >= 11 is 0. The van der Waals surface area contributed by atoms with Crippen LogP contribution in [0, 0.1) is 12.8 Å². The molecule has 1 unspecified atom stereocenters. The van der Waals surface area contributed by atoms with Gasteiger partial charge < -0.3 is 5.32 Å². The van der Waals surface area contributed by atoms with Gasteiger partial charge in [0.1, 0.15) is 9.84 Å². The number of amides is 1. The van der Waals surface area contributed by atoms with Crippen LogP contribution in [-0.4, -0.2) is 32.9 Å². The van der Waals surface area contributed by atoms with Crippen LogP contribution in [0.2, 0.25) is 0 Å². The van der Waals surface area contributed by atoms with Crippen LogP contribution in [0.5, 0.6) is 0 Å². The van der Waals surface area contributed by atoms with Gasteiger partial charge in [-0.05, 0) is 18.4 Å². The molecule has 0 aliphatic rings. The third-order valence-corrected chi connectivity index (χ3v) is 4.10. The molecule has 1 amide bonds. The van der Waals surface area contributed by atoms with Crippen LogP contribution in [0.3, 0.4) is 0 Å². The molecule has 0 aliphatic heterocycles. The van der Waals surface area contributed by atoms with Gasteiger partial charge in [0.2, 0.25) is 5.91 Å². The number of aryl methyl sites for hydroxylation is 1. The average molecular weight is 297 g/mol. The van der Waals surface area contributed by atoms with E-state index in [1.54, 1.807) is 0 Å². The zero-order chi connectivity index (χ0) is 15.3. The van der Waals surface area contributed by atoms with Gasteiger partial charge in [-0.1, -0.05) is 43.7 Å². The molecular weight excluding hydrogens is 274 g/mol. The van der Waals surface area contributed by atoms with E-state index in [0.717, 1.165) is 11.1 Å². The normalized spacial score (nSPS) is 13.2. The number of sulfone groups is 1. The van der Waals surface area contributed by atoms with Crippen LogP contribution < -0.4 is 5.32 Å². The standard InChI is InChI=1S/C15H23NO3S/c1-11(2)14(13-7-5-12(3)6-8-13)15(17)16-9-10-20(4,18)19/h5-8,11,14H,9-10H2,1-4H3,(H,16,17). The van der Waals surface area contributed by atoms with Crippen LogP contribution in [0.4, 0.5) is 0 Å². The molecule has 4 nitrogen and oxygen atoms in total. The highest BCUT2D eigenvalue weighted by molar-refractivity contribution is 7.90. The minimum Gasteiger partial charge on any atom is -0.355 e. The Kier molecular flexibility index (Phi) is 5.74. The molecule has 112 valence electrons. The first-order chi connectivity index (χ1) is 9.20. The van der Waals surface area contributed by atoms with Gasteiger partial charge in [0.05, 0.1) is 11.7 Å². The van der Waals surface area contributed by atoms with Crippen molar-refractivity contribution in [2.75, 3.05) is 18.6 Å². The van der Waals surface area contributed by atoms with Gasteiger partial charge in [0.25, 0.3) is 0 Å². The van der Waals surface area contributed by atoms with E-state index in [0.29, 0.717) is 0 Å². The van der Waals surface area contributed by atoms with Crippen molar-refractivity contribution in [1.29, 1.82) is 0 Å². The van der Waals surface area contributed by atoms with E-state index in [1.807, 2.05) is 45.0 Å². The molecule has 1 atom stereocenters. The van der Waals surface area contributed by atoms with E-state index in [9.17, 15) is 13.2 Å². The number of rotatable bonds is 6. The predicted octanol–water partition coefficient (Wildman–Crippen LogP) is 1.90. The Morgan fingerprint density at radius 1 is 1.20 bits per heavy atom. The Morgan fingerprint density at radius 3 is 2.20 bits per heavy atom. The van der Waals surface area contributed by atoms with E-state index in [-0.39, 0.29) is 30.0 Å². The molecule has 0 aromatic heterocycles. The Hall–Kier alpha value is -1.36. The maximum absolute atomic E-state index is 12.2. The molecular formula is C15H23NO3S. The molecule has 0 radical (unpaired) electrons. The quantitative estimate of drug-likeness (QED) is 0.872. The number of carbonyl (C=O) groups is 1. The van der Waals surface area contributed by atoms with E-state index in [4.69, 9.17) is 0 Å². The van der Waals surface area contributed by atoms with Crippen molar-refractivity contribution < 1.29 is 13.2 Å². The van der Waals surface area contributed by atoms with E-state index in [2.05, 4.69) is 5.32 Å². The summed E-state index contributed by atoms with van der Waals surface area (Å²) < 4.78 is 22.1. The molecule has 0 saturated carbocycles. The van der Waals surface area contributed by atoms with Crippen LogP contribution in [0.25, 0.3) is 0 Å². The van der Waals surface area contributed by atoms with Crippen LogP contribution in [0.1, 0.15) is 30.9 Å². The van der Waals surface area contributed by atoms with Crippen molar-refractivity contribution in [3.8, 4) is 0 Å². The van der Waals surface area contributed by atoms with Gasteiger partial charge >= 0.3 is 0 Å². The summed E-state index contributed by atoms with van der Waals surface area (Å²) in [5.41, 5.74) is 2.11. The molecule has 0 aliphatic carbocycles. The summed E-state index contributed by atoms with van der Waals surface area (Å²) in [4.78, 5) is 12.2. The van der Waals surface area contributed by atoms with Gasteiger partial charge in [0, 0.05) is 12.8 Å². The largest absolute Gasteiger partial charge is 0.355 e. The van der Waals surface area contributed by atoms with E-state index < -0.39 is 9.84 Å². The maximum atomic E-state index is 12.2. The molecule has 0 fully saturated rings. The first-order valence-electron chi connectivity index (χ1n) is 6.72. The van der Waals surface area contributed by atoms with Crippen molar-refractivity contribution >= 4 is 15.7 Å². The first-order valence-corrected chi connectivity index (χ1v) is 8.79. The van der Waals surface area contributed by atoms with Crippen molar-refractivity contribution in [3.63, 3.8) is 0 Å². The molecule has 0 saturated heterocycles.